The molecule has 1 aromatic rings. The van der Waals surface area contributed by atoms with Crippen LogP contribution in [0.4, 0.5) is 0 Å². The molecular weight excluding hydrogens is 254 g/mol. The first-order chi connectivity index (χ1) is 7.13. The van der Waals surface area contributed by atoms with Gasteiger partial charge in [0.25, 0.3) is 0 Å². The Morgan fingerprint density at radius 2 is 1.87 bits per heavy atom. The van der Waals surface area contributed by atoms with E-state index in [1.165, 1.54) is 5.56 Å². The van der Waals surface area contributed by atoms with E-state index >= 15 is 0 Å². The Labute approximate surface area is 99.8 Å². The highest BCUT2D eigenvalue weighted by atomic mass is 79.9. The van der Waals surface area contributed by atoms with E-state index < -0.39 is 0 Å². The maximum Gasteiger partial charge on any atom is 0.0471 e. The molecule has 0 aromatic heterocycles. The Hall–Kier alpha value is -0.380. The molecule has 2 atom stereocenters. The van der Waals surface area contributed by atoms with Gasteiger partial charge in [-0.3, -0.25) is 0 Å². The lowest BCUT2D eigenvalue weighted by Gasteiger charge is -2.19. The molecule has 0 bridgehead atoms. The molecule has 1 rings (SSSR count). The molecule has 15 heavy (non-hydrogen) atoms. The summed E-state index contributed by atoms with van der Waals surface area (Å²) in [6.07, 6.45) is 0. The van der Waals surface area contributed by atoms with Gasteiger partial charge in [-0.15, -0.1) is 0 Å². The minimum atomic E-state index is 0.231. The van der Waals surface area contributed by atoms with Gasteiger partial charge < -0.3 is 10.4 Å². The molecule has 0 saturated carbocycles. The van der Waals surface area contributed by atoms with Crippen LogP contribution in [0.2, 0.25) is 0 Å². The fraction of sp³-hybridized carbons (Fsp3) is 0.500. The van der Waals surface area contributed by atoms with E-state index in [0.717, 1.165) is 11.0 Å². The number of halogens is 1. The van der Waals surface area contributed by atoms with Crippen molar-refractivity contribution in [1.82, 2.24) is 5.32 Å². The number of benzene rings is 1. The Kier molecular flexibility index (Phi) is 5.29. The lowest BCUT2D eigenvalue weighted by molar-refractivity contribution is 0.207. The van der Waals surface area contributed by atoms with Gasteiger partial charge in [0.2, 0.25) is 0 Å². The number of aliphatic hydroxyl groups is 1. The fourth-order valence-corrected chi connectivity index (χ4v) is 1.50. The zero-order chi connectivity index (χ0) is 11.3. The first-order valence-corrected chi connectivity index (χ1v) is 6.01. The van der Waals surface area contributed by atoms with Gasteiger partial charge in [-0.05, 0) is 30.5 Å². The molecular formula is C12H18BrNO. The van der Waals surface area contributed by atoms with Crippen LogP contribution in [0.5, 0.6) is 0 Å². The average Bonchev–Trinajstić information content (AvgIpc) is 2.26. The van der Waals surface area contributed by atoms with Crippen molar-refractivity contribution in [2.45, 2.75) is 26.4 Å². The summed E-state index contributed by atoms with van der Waals surface area (Å²) < 4.78 is 1.10. The van der Waals surface area contributed by atoms with Gasteiger partial charge >= 0.3 is 0 Å². The number of hydrogen-bond acceptors (Lipinski definition) is 2. The highest BCUT2D eigenvalue weighted by molar-refractivity contribution is 9.10. The number of aliphatic hydroxyl groups excluding tert-OH is 1. The van der Waals surface area contributed by atoms with Gasteiger partial charge in [0.1, 0.15) is 0 Å². The summed E-state index contributed by atoms with van der Waals surface area (Å²) in [6.45, 7) is 5.21. The van der Waals surface area contributed by atoms with Crippen LogP contribution < -0.4 is 5.32 Å². The van der Waals surface area contributed by atoms with Gasteiger partial charge in [-0.1, -0.05) is 35.0 Å². The van der Waals surface area contributed by atoms with Crippen LogP contribution in [0.1, 0.15) is 19.4 Å². The van der Waals surface area contributed by atoms with Crippen LogP contribution in [-0.2, 0) is 6.54 Å². The van der Waals surface area contributed by atoms with E-state index in [4.69, 9.17) is 5.11 Å². The SMILES string of the molecule is CC(CO)C(C)NCc1ccc(Br)cc1. The van der Waals surface area contributed by atoms with Crippen LogP contribution in [0, 0.1) is 5.92 Å². The molecule has 0 spiro atoms. The van der Waals surface area contributed by atoms with E-state index in [2.05, 4.69) is 40.3 Å². The summed E-state index contributed by atoms with van der Waals surface area (Å²) in [5.74, 6) is 0.292. The van der Waals surface area contributed by atoms with E-state index in [0.29, 0.717) is 12.0 Å². The predicted molar refractivity (Wildman–Crippen MR) is 66.7 cm³/mol. The second-order valence-corrected chi connectivity index (χ2v) is 4.87. The predicted octanol–water partition coefficient (Wildman–Crippen LogP) is 2.56. The molecule has 84 valence electrons. The van der Waals surface area contributed by atoms with Crippen molar-refractivity contribution in [2.75, 3.05) is 6.61 Å². The first kappa shape index (κ1) is 12.7. The second-order valence-electron chi connectivity index (χ2n) is 3.96. The number of rotatable bonds is 5. The lowest BCUT2D eigenvalue weighted by Crippen LogP contribution is -2.33. The maximum atomic E-state index is 8.99. The zero-order valence-corrected chi connectivity index (χ0v) is 10.8. The third-order valence-corrected chi connectivity index (χ3v) is 3.21. The van der Waals surface area contributed by atoms with Crippen molar-refractivity contribution in [3.05, 3.63) is 34.3 Å². The molecule has 0 amide bonds. The van der Waals surface area contributed by atoms with Crippen molar-refractivity contribution in [3.63, 3.8) is 0 Å². The van der Waals surface area contributed by atoms with Gasteiger partial charge in [0, 0.05) is 23.7 Å². The smallest absolute Gasteiger partial charge is 0.0471 e. The summed E-state index contributed by atoms with van der Waals surface area (Å²) in [6, 6.07) is 8.59. The molecule has 0 radical (unpaired) electrons. The quantitative estimate of drug-likeness (QED) is 0.863. The molecule has 2 N–H and O–H groups in total. The summed E-state index contributed by atoms with van der Waals surface area (Å²) in [7, 11) is 0. The summed E-state index contributed by atoms with van der Waals surface area (Å²) >= 11 is 3.41. The molecule has 2 nitrogen and oxygen atoms in total. The van der Waals surface area contributed by atoms with E-state index in [1.54, 1.807) is 0 Å². The third-order valence-electron chi connectivity index (χ3n) is 2.68. The van der Waals surface area contributed by atoms with Crippen molar-refractivity contribution >= 4 is 15.9 Å². The molecule has 0 heterocycles. The lowest BCUT2D eigenvalue weighted by atomic mass is 10.0. The van der Waals surface area contributed by atoms with E-state index in [-0.39, 0.29) is 6.61 Å². The van der Waals surface area contributed by atoms with Crippen molar-refractivity contribution in [3.8, 4) is 0 Å². The zero-order valence-electron chi connectivity index (χ0n) is 9.20. The van der Waals surface area contributed by atoms with Crippen LogP contribution >= 0.6 is 15.9 Å². The number of nitrogens with one attached hydrogen (secondary N) is 1. The average molecular weight is 272 g/mol. The van der Waals surface area contributed by atoms with Crippen LogP contribution in [-0.4, -0.2) is 17.8 Å². The monoisotopic (exact) mass is 271 g/mol. The molecule has 1 aromatic carbocycles. The molecule has 0 fully saturated rings. The molecule has 2 unspecified atom stereocenters. The highest BCUT2D eigenvalue weighted by Gasteiger charge is 2.09. The third kappa shape index (κ3) is 4.33. The van der Waals surface area contributed by atoms with Gasteiger partial charge in [-0.25, -0.2) is 0 Å². The standard InChI is InChI=1S/C12H18BrNO/c1-9(8-15)10(2)14-7-11-3-5-12(13)6-4-11/h3-6,9-10,14-15H,7-8H2,1-2H3. The van der Waals surface area contributed by atoms with Gasteiger partial charge in [0.15, 0.2) is 0 Å². The summed E-state index contributed by atoms with van der Waals surface area (Å²) in [5.41, 5.74) is 1.26. The van der Waals surface area contributed by atoms with Crippen LogP contribution in [0.3, 0.4) is 0 Å². The fourth-order valence-electron chi connectivity index (χ4n) is 1.24. The van der Waals surface area contributed by atoms with Crippen LogP contribution in [0.15, 0.2) is 28.7 Å². The molecule has 0 aliphatic rings. The van der Waals surface area contributed by atoms with Gasteiger partial charge in [-0.2, -0.15) is 0 Å². The summed E-state index contributed by atoms with van der Waals surface area (Å²) in [4.78, 5) is 0. The second kappa shape index (κ2) is 6.26. The van der Waals surface area contributed by atoms with E-state index in [9.17, 15) is 0 Å². The molecule has 3 heteroatoms. The highest BCUT2D eigenvalue weighted by Crippen LogP contribution is 2.11. The Morgan fingerprint density at radius 3 is 2.40 bits per heavy atom. The molecule has 0 saturated heterocycles. The van der Waals surface area contributed by atoms with Crippen molar-refractivity contribution in [2.24, 2.45) is 5.92 Å². The Bertz CT molecular complexity index is 286. The molecule has 0 aliphatic heterocycles. The van der Waals surface area contributed by atoms with Gasteiger partial charge in [0.05, 0.1) is 0 Å². The molecule has 0 aliphatic carbocycles. The minimum absolute atomic E-state index is 0.231. The normalized spacial score (nSPS) is 14.9. The number of hydrogen-bond donors (Lipinski definition) is 2. The topological polar surface area (TPSA) is 32.3 Å². The maximum absolute atomic E-state index is 8.99. The Balaban J connectivity index is 2.40. The van der Waals surface area contributed by atoms with Crippen molar-refractivity contribution < 1.29 is 5.11 Å². The first-order valence-electron chi connectivity index (χ1n) is 5.22. The minimum Gasteiger partial charge on any atom is -0.396 e. The Morgan fingerprint density at radius 1 is 1.27 bits per heavy atom. The van der Waals surface area contributed by atoms with E-state index in [1.807, 2.05) is 19.1 Å². The largest absolute Gasteiger partial charge is 0.396 e. The summed E-state index contributed by atoms with van der Waals surface area (Å²) in [5, 5.41) is 12.4. The van der Waals surface area contributed by atoms with Crippen LogP contribution in [0.25, 0.3) is 0 Å². The van der Waals surface area contributed by atoms with Crippen molar-refractivity contribution in [1.29, 1.82) is 0 Å².